The smallest absolute Gasteiger partial charge is 0.0710 e. The molecular weight excluding hydrogens is 1510 g/mol. The Balaban J connectivity index is 0.000000348. The van der Waals surface area contributed by atoms with Gasteiger partial charge in [0.2, 0.25) is 0 Å². The second-order valence-electron chi connectivity index (χ2n) is 51.6. The first-order valence-electron chi connectivity index (χ1n) is 47.2. The maximum absolute atomic E-state index is 4.14. The minimum Gasteiger partial charge on any atom is -0.0973 e. The van der Waals surface area contributed by atoms with Crippen LogP contribution in [-0.2, 0) is 0 Å². The van der Waals surface area contributed by atoms with Crippen molar-refractivity contribution in [3.8, 4) is 47.4 Å². The first-order valence-corrected chi connectivity index (χ1v) is 47.2. The van der Waals surface area contributed by atoms with Crippen molar-refractivity contribution in [1.29, 1.82) is 0 Å². The van der Waals surface area contributed by atoms with Gasteiger partial charge in [-0.15, -0.1) is 0 Å². The molecule has 0 amide bonds. The SMILES string of the molecule is CC(C)(C)C.CC(C)(C)C.CC(C)(C)C.CC(C)(C)C.CC(C)(C)C.CC(C)(C)C.CC(C)(C)C.CC(C)(C)C.CC(C)(C)C#Cc1c2c(c(C#CCC#Cc3c4c(c(C#CCC(C)(C)C)c5c3C3c6ccccc6C5c5ccccc53)C3c5ccccc5C4c4ccccc43)c3c1C1c4ccccc4C3c3ccccc31)C1c3ccccc3C2c2ccccc21. The first kappa shape index (κ1) is 98.6. The van der Waals surface area contributed by atoms with Crippen LogP contribution in [0.3, 0.4) is 0 Å². The Morgan fingerprint density at radius 3 is 0.413 bits per heavy atom. The van der Waals surface area contributed by atoms with Crippen LogP contribution < -0.4 is 0 Å². The molecule has 0 radical (unpaired) electrons. The Morgan fingerprint density at radius 1 is 0.175 bits per heavy atom. The Labute approximate surface area is 769 Å². The van der Waals surface area contributed by atoms with E-state index in [0.717, 1.165) is 6.42 Å². The molecule has 12 aliphatic carbocycles. The van der Waals surface area contributed by atoms with E-state index in [4.69, 9.17) is 0 Å². The highest BCUT2D eigenvalue weighted by Crippen LogP contribution is 2.67. The second kappa shape index (κ2) is 37.6. The van der Waals surface area contributed by atoms with Crippen LogP contribution in [0.1, 0.15) is 479 Å². The van der Waals surface area contributed by atoms with Gasteiger partial charge in [-0.25, -0.2) is 0 Å². The van der Waals surface area contributed by atoms with Gasteiger partial charge in [-0.1, -0.05) is 484 Å². The average molecular weight is 1670 g/mol. The molecule has 12 aliphatic rings. The third kappa shape index (κ3) is 24.9. The summed E-state index contributed by atoms with van der Waals surface area (Å²) in [5.74, 6) is 32.1. The molecule has 0 saturated carbocycles. The molecule has 0 nitrogen and oxygen atoms in total. The largest absolute Gasteiger partial charge is 0.0973 e. The minimum absolute atomic E-state index is 0.00891. The molecule has 0 aliphatic heterocycles. The van der Waals surface area contributed by atoms with Crippen LogP contribution in [-0.4, -0.2) is 0 Å². The molecule has 0 aromatic heterocycles. The normalized spacial score (nSPS) is 18.0. The number of rotatable bonds is 0. The fraction of sp³-hybridized carbons (Fsp3) is 0.460. The molecule has 0 heteroatoms. The Kier molecular flexibility index (Phi) is 29.5. The average Bonchev–Trinajstić information content (AvgIpc) is 0.670. The Morgan fingerprint density at radius 2 is 0.294 bits per heavy atom. The van der Waals surface area contributed by atoms with E-state index in [9.17, 15) is 0 Å². The molecule has 0 saturated heterocycles. The van der Waals surface area contributed by atoms with Gasteiger partial charge in [-0.2, -0.15) is 0 Å². The van der Waals surface area contributed by atoms with E-state index in [-0.39, 0.29) is 58.2 Å². The molecule has 8 bridgehead atoms. The van der Waals surface area contributed by atoms with Crippen LogP contribution >= 0.6 is 0 Å². The van der Waals surface area contributed by atoms with Crippen molar-refractivity contribution in [3.63, 3.8) is 0 Å². The predicted octanol–water partition coefficient (Wildman–Crippen LogP) is 35.0. The lowest BCUT2D eigenvalue weighted by Crippen LogP contribution is -2.35. The van der Waals surface area contributed by atoms with E-state index in [1.807, 2.05) is 0 Å². The summed E-state index contributed by atoms with van der Waals surface area (Å²) in [5.41, 5.74) is 41.8. The van der Waals surface area contributed by atoms with Crippen LogP contribution in [0.5, 0.6) is 0 Å². The molecule has 0 N–H and O–H groups in total. The van der Waals surface area contributed by atoms with Crippen LogP contribution in [0.2, 0.25) is 0 Å². The lowest BCUT2D eigenvalue weighted by Gasteiger charge is -2.48. The second-order valence-corrected chi connectivity index (χ2v) is 51.6. The van der Waals surface area contributed by atoms with Crippen molar-refractivity contribution in [3.05, 3.63) is 350 Å². The van der Waals surface area contributed by atoms with Crippen molar-refractivity contribution < 1.29 is 0 Å². The number of hydrogen-bond acceptors (Lipinski definition) is 0. The van der Waals surface area contributed by atoms with Crippen molar-refractivity contribution in [1.82, 2.24) is 0 Å². The summed E-state index contributed by atoms with van der Waals surface area (Å²) in [6.07, 6.45) is 1.22. The third-order valence-corrected chi connectivity index (χ3v) is 20.6. The molecule has 22 rings (SSSR count). The van der Waals surface area contributed by atoms with Crippen LogP contribution in [0.4, 0.5) is 0 Å². The van der Waals surface area contributed by atoms with E-state index in [0.29, 0.717) is 49.7 Å². The topological polar surface area (TPSA) is 0 Å². The molecular formula is C126H158. The van der Waals surface area contributed by atoms with E-state index < -0.39 is 0 Å². The van der Waals surface area contributed by atoms with Gasteiger partial charge < -0.3 is 0 Å². The van der Waals surface area contributed by atoms with Crippen molar-refractivity contribution in [2.75, 3.05) is 0 Å². The quantitative estimate of drug-likeness (QED) is 0.133. The minimum atomic E-state index is -0.207. The van der Waals surface area contributed by atoms with E-state index >= 15 is 0 Å². The zero-order valence-electron chi connectivity index (χ0n) is 85.5. The summed E-state index contributed by atoms with van der Waals surface area (Å²) in [5, 5.41) is 0. The number of benzene rings is 10. The van der Waals surface area contributed by atoms with Gasteiger partial charge in [0.25, 0.3) is 0 Å². The summed E-state index contributed by atoms with van der Waals surface area (Å²) in [4.78, 5) is 0. The van der Waals surface area contributed by atoms with Gasteiger partial charge in [0, 0.05) is 81.4 Å². The summed E-state index contributed by atoms with van der Waals surface area (Å²) in [6, 6.07) is 74.1. The van der Waals surface area contributed by atoms with Gasteiger partial charge in [-0.05, 0) is 203 Å². The van der Waals surface area contributed by atoms with Crippen molar-refractivity contribution >= 4 is 0 Å². The summed E-state index contributed by atoms with van der Waals surface area (Å²) in [6.45, 7) is 83.7. The maximum Gasteiger partial charge on any atom is 0.0710 e. The van der Waals surface area contributed by atoms with E-state index in [1.54, 1.807) is 0 Å². The van der Waals surface area contributed by atoms with Crippen LogP contribution in [0.15, 0.2) is 194 Å². The fourth-order valence-corrected chi connectivity index (χ4v) is 17.7. The molecule has 0 fully saturated rings. The summed E-state index contributed by atoms with van der Waals surface area (Å²) >= 11 is 0. The van der Waals surface area contributed by atoms with Gasteiger partial charge >= 0.3 is 0 Å². The van der Waals surface area contributed by atoms with E-state index in [1.165, 1.54) is 156 Å². The lowest BCUT2D eigenvalue weighted by atomic mass is 9.53. The molecule has 0 heterocycles. The standard InChI is InChI=1S/C86H62.8C5H12/c1-85(2,3)47-26-45-67-81-73-53-31-14-10-27-49(53)69(50-28-11-15-32-54(50)73)77(81)65(78-70-51-29-12-16-33-55(51)74(82(67)78)56-34-17-13-30-52(56)70)43-8-7-9-44-66-79-71-57-35-18-22-39-61(57)75(62-40-23-19-36-58(62)71)83(79)68(46-48-86(4,5)6)84-76-63-41-24-20-37-59(63)72(80(66)84)60-38-21-25-42-64(60)76;8*1-5(2,3)4/h10-25,27-42,69-76H,7,47H2,1-6H3;8*1-4H3. The van der Waals surface area contributed by atoms with Crippen molar-refractivity contribution in [2.45, 2.75) is 323 Å². The van der Waals surface area contributed by atoms with Crippen LogP contribution in [0.25, 0.3) is 0 Å². The predicted molar refractivity (Wildman–Crippen MR) is 549 cm³/mol. The zero-order valence-corrected chi connectivity index (χ0v) is 85.5. The lowest BCUT2D eigenvalue weighted by molar-refractivity contribution is 0.428. The summed E-state index contributed by atoms with van der Waals surface area (Å²) in [7, 11) is 0. The molecule has 0 unspecified atom stereocenters. The molecule has 126 heavy (non-hydrogen) atoms. The molecule has 10 aromatic rings. The Hall–Kier alpha value is -9.56. The molecule has 0 spiro atoms. The van der Waals surface area contributed by atoms with E-state index in [2.05, 4.69) is 505 Å². The van der Waals surface area contributed by atoms with Crippen LogP contribution in [0, 0.1) is 102 Å². The monoisotopic (exact) mass is 1670 g/mol. The van der Waals surface area contributed by atoms with Crippen molar-refractivity contribution in [2.24, 2.45) is 54.1 Å². The highest BCUT2D eigenvalue weighted by Gasteiger charge is 2.53. The highest BCUT2D eigenvalue weighted by molar-refractivity contribution is 5.85. The highest BCUT2D eigenvalue weighted by atomic mass is 14.5. The molecule has 662 valence electrons. The zero-order chi connectivity index (χ0) is 93.5. The van der Waals surface area contributed by atoms with Gasteiger partial charge in [0.05, 0.1) is 6.42 Å². The molecule has 10 aromatic carbocycles. The van der Waals surface area contributed by atoms with Gasteiger partial charge in [0.1, 0.15) is 0 Å². The van der Waals surface area contributed by atoms with Gasteiger partial charge in [0.15, 0.2) is 0 Å². The third-order valence-electron chi connectivity index (χ3n) is 20.6. The van der Waals surface area contributed by atoms with Gasteiger partial charge in [-0.3, -0.25) is 0 Å². The first-order chi connectivity index (χ1) is 58.0. The Bertz CT molecular complexity index is 5220. The maximum atomic E-state index is 4.14. The summed E-state index contributed by atoms with van der Waals surface area (Å²) < 4.78 is 0. The molecule has 0 atom stereocenters. The fourth-order valence-electron chi connectivity index (χ4n) is 17.7. The number of hydrogen-bond donors (Lipinski definition) is 0.